The van der Waals surface area contributed by atoms with E-state index in [1.54, 1.807) is 7.11 Å². The zero-order chi connectivity index (χ0) is 15.1. The highest BCUT2D eigenvalue weighted by Gasteiger charge is 2.21. The van der Waals surface area contributed by atoms with Crippen LogP contribution in [0.1, 0.15) is 30.0 Å². The number of benzene rings is 1. The van der Waals surface area contributed by atoms with Crippen molar-refractivity contribution in [3.63, 3.8) is 0 Å². The molecule has 0 aromatic heterocycles. The summed E-state index contributed by atoms with van der Waals surface area (Å²) in [4.78, 5) is 2.37. The Labute approximate surface area is 128 Å². The first-order chi connectivity index (χ1) is 10.2. The molecule has 4 nitrogen and oxygen atoms in total. The van der Waals surface area contributed by atoms with Crippen LogP contribution in [0.15, 0.2) is 24.3 Å². The molecule has 1 fully saturated rings. The molecule has 0 spiro atoms. The predicted molar refractivity (Wildman–Crippen MR) is 85.1 cm³/mol. The number of rotatable bonds is 7. The molecule has 2 rings (SSSR count). The molecule has 1 aromatic carbocycles. The minimum absolute atomic E-state index is 0.267. The fraction of sp³-hybridized carbons (Fsp3) is 0.647. The van der Waals surface area contributed by atoms with Gasteiger partial charge in [0.1, 0.15) is 0 Å². The van der Waals surface area contributed by atoms with Crippen LogP contribution in [0.2, 0.25) is 0 Å². The van der Waals surface area contributed by atoms with Gasteiger partial charge < -0.3 is 15.2 Å². The van der Waals surface area contributed by atoms with Crippen molar-refractivity contribution in [2.75, 3.05) is 40.5 Å². The maximum absolute atomic E-state index is 6.01. The Hall–Kier alpha value is -0.940. The van der Waals surface area contributed by atoms with Crippen molar-refractivity contribution in [2.45, 2.75) is 25.5 Å². The molecule has 1 aromatic rings. The van der Waals surface area contributed by atoms with Crippen LogP contribution in [0.25, 0.3) is 0 Å². The molecule has 0 bridgehead atoms. The van der Waals surface area contributed by atoms with E-state index in [4.69, 9.17) is 15.2 Å². The molecule has 4 heteroatoms. The van der Waals surface area contributed by atoms with Gasteiger partial charge in [0.25, 0.3) is 0 Å². The van der Waals surface area contributed by atoms with Crippen molar-refractivity contribution in [2.24, 2.45) is 11.7 Å². The third-order valence-corrected chi connectivity index (χ3v) is 4.23. The number of methoxy groups -OCH3 is 1. The first kappa shape index (κ1) is 16.4. The third-order valence-electron chi connectivity index (χ3n) is 4.23. The zero-order valence-electron chi connectivity index (χ0n) is 13.3. The Balaban J connectivity index is 1.96. The molecule has 1 saturated heterocycles. The van der Waals surface area contributed by atoms with Crippen LogP contribution in [0, 0.1) is 5.92 Å². The fourth-order valence-corrected chi connectivity index (χ4v) is 3.06. The van der Waals surface area contributed by atoms with E-state index < -0.39 is 0 Å². The first-order valence-electron chi connectivity index (χ1n) is 7.80. The summed E-state index contributed by atoms with van der Waals surface area (Å²) in [6, 6.07) is 8.85. The number of hydrogen-bond acceptors (Lipinski definition) is 4. The van der Waals surface area contributed by atoms with Crippen LogP contribution in [-0.4, -0.2) is 45.4 Å². The molecule has 2 atom stereocenters. The number of hydrogen-bond donors (Lipinski definition) is 1. The lowest BCUT2D eigenvalue weighted by molar-refractivity contribution is 0.0365. The van der Waals surface area contributed by atoms with Gasteiger partial charge in [-0.25, -0.2) is 0 Å². The highest BCUT2D eigenvalue weighted by molar-refractivity contribution is 5.25. The van der Waals surface area contributed by atoms with E-state index in [-0.39, 0.29) is 6.04 Å². The molecule has 1 aliphatic heterocycles. The normalized spacial score (nSPS) is 20.7. The molecule has 0 aliphatic carbocycles. The maximum Gasteiger partial charge on any atom is 0.0713 e. The van der Waals surface area contributed by atoms with Gasteiger partial charge in [-0.05, 0) is 36.9 Å². The molecule has 0 saturated carbocycles. The van der Waals surface area contributed by atoms with Crippen molar-refractivity contribution < 1.29 is 9.47 Å². The number of likely N-dealkylation sites (N-methyl/N-ethyl adjacent to an activating group) is 1. The van der Waals surface area contributed by atoms with E-state index in [0.717, 1.165) is 19.8 Å². The van der Waals surface area contributed by atoms with Crippen LogP contribution in [0.4, 0.5) is 0 Å². The molecule has 118 valence electrons. The Morgan fingerprint density at radius 1 is 1.38 bits per heavy atom. The Bertz CT molecular complexity index is 402. The van der Waals surface area contributed by atoms with Gasteiger partial charge in [-0.15, -0.1) is 0 Å². The Morgan fingerprint density at radius 2 is 2.14 bits per heavy atom. The van der Waals surface area contributed by atoms with Gasteiger partial charge in [0, 0.05) is 32.8 Å². The van der Waals surface area contributed by atoms with Crippen molar-refractivity contribution in [1.82, 2.24) is 4.90 Å². The lowest BCUT2D eigenvalue weighted by Crippen LogP contribution is -2.36. The standard InChI is InChI=1S/C17H28N2O2/c1-19(11-15-4-3-9-21-13-15)17(10-18)16-7-5-14(6-8-16)12-20-2/h5-8,15,17H,3-4,9-13,18H2,1-2H3. The quantitative estimate of drug-likeness (QED) is 0.837. The molecule has 0 amide bonds. The predicted octanol–water partition coefficient (Wildman–Crippen LogP) is 2.19. The van der Waals surface area contributed by atoms with Crippen molar-refractivity contribution >= 4 is 0 Å². The zero-order valence-corrected chi connectivity index (χ0v) is 13.3. The van der Waals surface area contributed by atoms with Crippen molar-refractivity contribution in [1.29, 1.82) is 0 Å². The molecule has 2 N–H and O–H groups in total. The summed E-state index contributed by atoms with van der Waals surface area (Å²) in [5.74, 6) is 0.630. The van der Waals surface area contributed by atoms with E-state index in [1.165, 1.54) is 24.0 Å². The van der Waals surface area contributed by atoms with E-state index in [1.807, 2.05) is 0 Å². The third kappa shape index (κ3) is 4.78. The van der Waals surface area contributed by atoms with E-state index >= 15 is 0 Å². The van der Waals surface area contributed by atoms with Crippen molar-refractivity contribution in [3.8, 4) is 0 Å². The van der Waals surface area contributed by atoms with E-state index in [2.05, 4.69) is 36.2 Å². The Kier molecular flexibility index (Phi) is 6.64. The first-order valence-corrected chi connectivity index (χ1v) is 7.80. The summed E-state index contributed by atoms with van der Waals surface area (Å²) >= 11 is 0. The molecular formula is C17H28N2O2. The van der Waals surface area contributed by atoms with Gasteiger partial charge in [-0.3, -0.25) is 4.90 Å². The smallest absolute Gasteiger partial charge is 0.0713 e. The minimum atomic E-state index is 0.267. The fourth-order valence-electron chi connectivity index (χ4n) is 3.06. The van der Waals surface area contributed by atoms with E-state index in [0.29, 0.717) is 19.1 Å². The lowest BCUT2D eigenvalue weighted by atomic mass is 9.99. The minimum Gasteiger partial charge on any atom is -0.381 e. The molecular weight excluding hydrogens is 264 g/mol. The maximum atomic E-state index is 6.01. The van der Waals surface area contributed by atoms with Gasteiger partial charge in [-0.2, -0.15) is 0 Å². The number of nitrogens with zero attached hydrogens (tertiary/aromatic N) is 1. The van der Waals surface area contributed by atoms with Gasteiger partial charge >= 0.3 is 0 Å². The van der Waals surface area contributed by atoms with Gasteiger partial charge in [0.05, 0.1) is 13.2 Å². The second-order valence-corrected chi connectivity index (χ2v) is 5.95. The molecule has 0 radical (unpaired) electrons. The summed E-state index contributed by atoms with van der Waals surface area (Å²) in [6.07, 6.45) is 2.44. The van der Waals surface area contributed by atoms with Gasteiger partial charge in [-0.1, -0.05) is 24.3 Å². The summed E-state index contributed by atoms with van der Waals surface area (Å²) in [5.41, 5.74) is 8.48. The average molecular weight is 292 g/mol. The monoisotopic (exact) mass is 292 g/mol. The molecule has 2 unspecified atom stereocenters. The van der Waals surface area contributed by atoms with E-state index in [9.17, 15) is 0 Å². The largest absolute Gasteiger partial charge is 0.381 e. The van der Waals surface area contributed by atoms with Gasteiger partial charge in [0.2, 0.25) is 0 Å². The topological polar surface area (TPSA) is 47.7 Å². The highest BCUT2D eigenvalue weighted by Crippen LogP contribution is 2.22. The Morgan fingerprint density at radius 3 is 2.71 bits per heavy atom. The number of ether oxygens (including phenoxy) is 2. The second-order valence-electron chi connectivity index (χ2n) is 5.95. The highest BCUT2D eigenvalue weighted by atomic mass is 16.5. The SMILES string of the molecule is COCc1ccc(C(CN)N(C)CC2CCCOC2)cc1. The summed E-state index contributed by atoms with van der Waals surface area (Å²) in [5, 5.41) is 0. The van der Waals surface area contributed by atoms with Crippen molar-refractivity contribution in [3.05, 3.63) is 35.4 Å². The summed E-state index contributed by atoms with van der Waals surface area (Å²) < 4.78 is 10.7. The number of nitrogens with two attached hydrogens (primary N) is 1. The van der Waals surface area contributed by atoms with Crippen LogP contribution >= 0.6 is 0 Å². The van der Waals surface area contributed by atoms with Crippen LogP contribution in [0.3, 0.4) is 0 Å². The average Bonchev–Trinajstić information content (AvgIpc) is 2.51. The molecule has 1 heterocycles. The summed E-state index contributed by atoms with van der Waals surface area (Å²) in [6.45, 7) is 4.13. The van der Waals surface area contributed by atoms with Crippen LogP contribution in [-0.2, 0) is 16.1 Å². The molecule has 21 heavy (non-hydrogen) atoms. The molecule has 1 aliphatic rings. The van der Waals surface area contributed by atoms with Crippen LogP contribution in [0.5, 0.6) is 0 Å². The lowest BCUT2D eigenvalue weighted by Gasteiger charge is -2.32. The van der Waals surface area contributed by atoms with Crippen LogP contribution < -0.4 is 5.73 Å². The van der Waals surface area contributed by atoms with Gasteiger partial charge in [0.15, 0.2) is 0 Å². The summed E-state index contributed by atoms with van der Waals surface area (Å²) in [7, 11) is 3.88. The second kappa shape index (κ2) is 8.49.